The van der Waals surface area contributed by atoms with Crippen molar-refractivity contribution in [3.8, 4) is 0 Å². The van der Waals surface area contributed by atoms with E-state index in [-0.39, 0.29) is 0 Å². The summed E-state index contributed by atoms with van der Waals surface area (Å²) in [6, 6.07) is 0.498. The van der Waals surface area contributed by atoms with Gasteiger partial charge in [-0.1, -0.05) is 33.1 Å². The quantitative estimate of drug-likeness (QED) is 0.614. The molecule has 3 heteroatoms. The molecule has 2 N–H and O–H groups in total. The van der Waals surface area contributed by atoms with Gasteiger partial charge in [0.25, 0.3) is 0 Å². The van der Waals surface area contributed by atoms with Crippen molar-refractivity contribution in [2.45, 2.75) is 71.3 Å². The summed E-state index contributed by atoms with van der Waals surface area (Å²) >= 11 is 0. The van der Waals surface area contributed by atoms with Crippen LogP contribution in [0.25, 0.3) is 0 Å². The van der Waals surface area contributed by atoms with Gasteiger partial charge in [-0.2, -0.15) is 0 Å². The fourth-order valence-electron chi connectivity index (χ4n) is 3.50. The molecule has 1 atom stereocenters. The van der Waals surface area contributed by atoms with Gasteiger partial charge in [-0.05, 0) is 43.9 Å². The minimum absolute atomic E-state index is 0.498. The van der Waals surface area contributed by atoms with Gasteiger partial charge in [-0.3, -0.25) is 0 Å². The first-order valence-electron chi connectivity index (χ1n) is 8.25. The van der Waals surface area contributed by atoms with Crippen molar-refractivity contribution < 1.29 is 0 Å². The summed E-state index contributed by atoms with van der Waals surface area (Å²) in [5.74, 6) is 2.49. The van der Waals surface area contributed by atoms with Gasteiger partial charge in [0.1, 0.15) is 0 Å². The van der Waals surface area contributed by atoms with Gasteiger partial charge >= 0.3 is 0 Å². The molecule has 2 rings (SSSR count). The van der Waals surface area contributed by atoms with E-state index in [2.05, 4.69) is 18.7 Å². The van der Waals surface area contributed by atoms with E-state index in [1.165, 1.54) is 51.4 Å². The Hall–Kier alpha value is -0.730. The van der Waals surface area contributed by atoms with Crippen LogP contribution in [0.15, 0.2) is 4.99 Å². The summed E-state index contributed by atoms with van der Waals surface area (Å²) in [6.45, 7) is 6.90. The van der Waals surface area contributed by atoms with Crippen LogP contribution < -0.4 is 5.73 Å². The van der Waals surface area contributed by atoms with E-state index in [4.69, 9.17) is 10.7 Å². The smallest absolute Gasteiger partial charge is 0.191 e. The predicted molar refractivity (Wildman–Crippen MR) is 82.2 cm³/mol. The van der Waals surface area contributed by atoms with Crippen LogP contribution in [0, 0.1) is 11.8 Å². The third kappa shape index (κ3) is 4.39. The molecule has 0 amide bonds. The highest BCUT2D eigenvalue weighted by atomic mass is 15.3. The predicted octanol–water partition coefficient (Wildman–Crippen LogP) is 3.39. The lowest BCUT2D eigenvalue weighted by atomic mass is 9.89. The zero-order chi connectivity index (χ0) is 13.7. The fourth-order valence-corrected chi connectivity index (χ4v) is 3.50. The van der Waals surface area contributed by atoms with Crippen molar-refractivity contribution in [1.82, 2.24) is 4.90 Å². The van der Waals surface area contributed by atoms with Crippen LogP contribution in [0.3, 0.4) is 0 Å². The van der Waals surface area contributed by atoms with Gasteiger partial charge < -0.3 is 10.6 Å². The average Bonchev–Trinajstić information content (AvgIpc) is 2.65. The van der Waals surface area contributed by atoms with Gasteiger partial charge in [-0.25, -0.2) is 4.99 Å². The zero-order valence-electron chi connectivity index (χ0n) is 12.8. The van der Waals surface area contributed by atoms with E-state index in [9.17, 15) is 0 Å². The van der Waals surface area contributed by atoms with Crippen LogP contribution >= 0.6 is 0 Å². The van der Waals surface area contributed by atoms with Crippen LogP contribution in [0.2, 0.25) is 0 Å². The number of hydrogen-bond donors (Lipinski definition) is 1. The molecule has 1 unspecified atom stereocenters. The van der Waals surface area contributed by atoms with E-state index in [0.717, 1.165) is 30.9 Å². The number of aliphatic imine (C=N–C) groups is 1. The molecule has 1 saturated carbocycles. The van der Waals surface area contributed by atoms with Crippen molar-refractivity contribution >= 4 is 5.96 Å². The second-order valence-electron chi connectivity index (χ2n) is 6.70. The largest absolute Gasteiger partial charge is 0.370 e. The first kappa shape index (κ1) is 14.7. The summed E-state index contributed by atoms with van der Waals surface area (Å²) < 4.78 is 0. The van der Waals surface area contributed by atoms with Crippen molar-refractivity contribution in [3.05, 3.63) is 0 Å². The second kappa shape index (κ2) is 7.16. The van der Waals surface area contributed by atoms with Crippen LogP contribution in [0.4, 0.5) is 0 Å². The van der Waals surface area contributed by atoms with E-state index in [1.54, 1.807) is 0 Å². The van der Waals surface area contributed by atoms with Crippen LogP contribution in [-0.4, -0.2) is 30.0 Å². The maximum Gasteiger partial charge on any atom is 0.191 e. The topological polar surface area (TPSA) is 41.6 Å². The monoisotopic (exact) mass is 265 g/mol. The van der Waals surface area contributed by atoms with Crippen LogP contribution in [-0.2, 0) is 0 Å². The Morgan fingerprint density at radius 3 is 2.42 bits per heavy atom. The molecule has 0 radical (unpaired) electrons. The number of hydrogen-bond acceptors (Lipinski definition) is 1. The minimum atomic E-state index is 0.498. The molecule has 1 heterocycles. The van der Waals surface area contributed by atoms with E-state index >= 15 is 0 Å². The molecular formula is C16H31N3. The number of rotatable bonds is 2. The summed E-state index contributed by atoms with van der Waals surface area (Å²) in [6.07, 6.45) is 10.4. The van der Waals surface area contributed by atoms with Crippen molar-refractivity contribution in [3.63, 3.8) is 0 Å². The molecule has 1 aliphatic carbocycles. The molecule has 0 aromatic heterocycles. The molecule has 2 fully saturated rings. The SMILES string of the molecule is CC(C)C1CCCN(C(N)=NC2CCCCC2)CC1. The molecule has 0 aromatic carbocycles. The van der Waals surface area contributed by atoms with Gasteiger partial charge in [-0.15, -0.1) is 0 Å². The summed E-state index contributed by atoms with van der Waals surface area (Å²) in [7, 11) is 0. The number of nitrogens with zero attached hydrogens (tertiary/aromatic N) is 2. The van der Waals surface area contributed by atoms with E-state index in [0.29, 0.717) is 6.04 Å². The van der Waals surface area contributed by atoms with Crippen molar-refractivity contribution in [1.29, 1.82) is 0 Å². The number of guanidine groups is 1. The molecule has 3 nitrogen and oxygen atoms in total. The third-order valence-corrected chi connectivity index (χ3v) is 4.93. The molecule has 0 spiro atoms. The molecule has 1 saturated heterocycles. The highest BCUT2D eigenvalue weighted by Crippen LogP contribution is 2.25. The lowest BCUT2D eigenvalue weighted by Gasteiger charge is -2.25. The van der Waals surface area contributed by atoms with Crippen LogP contribution in [0.1, 0.15) is 65.2 Å². The van der Waals surface area contributed by atoms with Gasteiger partial charge in [0, 0.05) is 13.1 Å². The first-order valence-corrected chi connectivity index (χ1v) is 8.25. The zero-order valence-corrected chi connectivity index (χ0v) is 12.8. The number of nitrogens with two attached hydrogens (primary N) is 1. The maximum absolute atomic E-state index is 6.25. The standard InChI is InChI=1S/C16H31N3/c1-13(2)14-7-6-11-19(12-10-14)16(17)18-15-8-4-3-5-9-15/h13-15H,3-12H2,1-2H3,(H2,17,18). The molecule has 0 aromatic rings. The Bertz CT molecular complexity index is 292. The lowest BCUT2D eigenvalue weighted by molar-refractivity contribution is 0.338. The second-order valence-corrected chi connectivity index (χ2v) is 6.70. The Labute approximate surface area is 118 Å². The Morgan fingerprint density at radius 1 is 1.00 bits per heavy atom. The van der Waals surface area contributed by atoms with Gasteiger partial charge in [0.05, 0.1) is 6.04 Å². The molecule has 1 aliphatic heterocycles. The summed E-state index contributed by atoms with van der Waals surface area (Å²) in [5, 5.41) is 0. The molecular weight excluding hydrogens is 234 g/mol. The average molecular weight is 265 g/mol. The number of likely N-dealkylation sites (tertiary alicyclic amines) is 1. The summed E-state index contributed by atoms with van der Waals surface area (Å²) in [4.78, 5) is 7.12. The highest BCUT2D eigenvalue weighted by Gasteiger charge is 2.21. The van der Waals surface area contributed by atoms with Gasteiger partial charge in [0.2, 0.25) is 0 Å². The van der Waals surface area contributed by atoms with E-state index in [1.807, 2.05) is 0 Å². The molecule has 19 heavy (non-hydrogen) atoms. The maximum atomic E-state index is 6.25. The van der Waals surface area contributed by atoms with Crippen molar-refractivity contribution in [2.75, 3.05) is 13.1 Å². The van der Waals surface area contributed by atoms with Crippen LogP contribution in [0.5, 0.6) is 0 Å². The minimum Gasteiger partial charge on any atom is -0.370 e. The molecule has 0 bridgehead atoms. The Balaban J connectivity index is 1.88. The Kier molecular flexibility index (Phi) is 5.53. The lowest BCUT2D eigenvalue weighted by Crippen LogP contribution is -2.39. The van der Waals surface area contributed by atoms with E-state index < -0.39 is 0 Å². The van der Waals surface area contributed by atoms with Crippen molar-refractivity contribution in [2.24, 2.45) is 22.6 Å². The van der Waals surface area contributed by atoms with Gasteiger partial charge in [0.15, 0.2) is 5.96 Å². The molecule has 110 valence electrons. The third-order valence-electron chi connectivity index (χ3n) is 4.93. The molecule has 2 aliphatic rings. The highest BCUT2D eigenvalue weighted by molar-refractivity contribution is 5.78. The normalized spacial score (nSPS) is 27.6. The Morgan fingerprint density at radius 2 is 1.74 bits per heavy atom. The first-order chi connectivity index (χ1) is 9.16. The fraction of sp³-hybridized carbons (Fsp3) is 0.938. The summed E-state index contributed by atoms with van der Waals surface area (Å²) in [5.41, 5.74) is 6.25.